The highest BCUT2D eigenvalue weighted by molar-refractivity contribution is 9.10. The normalized spacial score (nSPS) is 10.8. The molecule has 1 N–H and O–H groups in total. The van der Waals surface area contributed by atoms with Crippen molar-refractivity contribution in [2.45, 2.75) is 26.4 Å². The molecule has 0 amide bonds. The van der Waals surface area contributed by atoms with Crippen molar-refractivity contribution >= 4 is 27.4 Å². The van der Waals surface area contributed by atoms with Gasteiger partial charge in [-0.15, -0.1) is 0 Å². The van der Waals surface area contributed by atoms with Gasteiger partial charge in [0.2, 0.25) is 10.4 Å². The van der Waals surface area contributed by atoms with E-state index in [1.807, 2.05) is 44.2 Å². The molecule has 0 unspecified atom stereocenters. The van der Waals surface area contributed by atoms with Crippen LogP contribution in [0.4, 0.5) is 11.5 Å². The van der Waals surface area contributed by atoms with Gasteiger partial charge in [0.05, 0.1) is 4.92 Å². The number of nitrogens with one attached hydrogen (secondary N) is 1. The van der Waals surface area contributed by atoms with Gasteiger partial charge in [0.25, 0.3) is 0 Å². The third-order valence-electron chi connectivity index (χ3n) is 2.82. The smallest absolute Gasteiger partial charge is 0.345 e. The number of benzene rings is 1. The van der Waals surface area contributed by atoms with Crippen molar-refractivity contribution < 1.29 is 4.92 Å². The second-order valence-electron chi connectivity index (χ2n) is 4.62. The predicted octanol–water partition coefficient (Wildman–Crippen LogP) is 3.75. The van der Waals surface area contributed by atoms with Crippen LogP contribution in [-0.2, 0) is 6.54 Å². The Morgan fingerprint density at radius 2 is 2.05 bits per heavy atom. The molecule has 1 aromatic carbocycles. The first-order chi connectivity index (χ1) is 9.50. The van der Waals surface area contributed by atoms with Crippen LogP contribution in [-0.4, -0.2) is 14.7 Å². The molecule has 6 nitrogen and oxygen atoms in total. The summed E-state index contributed by atoms with van der Waals surface area (Å²) in [6.07, 6.45) is 0. The van der Waals surface area contributed by atoms with E-state index in [4.69, 9.17) is 0 Å². The Hall–Kier alpha value is -1.89. The zero-order valence-corrected chi connectivity index (χ0v) is 12.8. The van der Waals surface area contributed by atoms with Crippen molar-refractivity contribution in [1.82, 2.24) is 9.78 Å². The molecule has 0 saturated carbocycles. The second kappa shape index (κ2) is 6.04. The minimum atomic E-state index is -0.427. The molecule has 2 aromatic rings. The molecule has 0 atom stereocenters. The van der Waals surface area contributed by atoms with Gasteiger partial charge >= 0.3 is 5.69 Å². The molecule has 0 fully saturated rings. The van der Waals surface area contributed by atoms with Crippen LogP contribution in [0.3, 0.4) is 0 Å². The molecule has 0 spiro atoms. The van der Waals surface area contributed by atoms with Gasteiger partial charge in [-0.3, -0.25) is 10.1 Å². The lowest BCUT2D eigenvalue weighted by Crippen LogP contribution is -2.10. The lowest BCUT2D eigenvalue weighted by Gasteiger charge is -2.11. The zero-order valence-electron chi connectivity index (χ0n) is 11.2. The molecule has 0 aliphatic carbocycles. The highest BCUT2D eigenvalue weighted by Gasteiger charge is 2.27. The van der Waals surface area contributed by atoms with Crippen LogP contribution < -0.4 is 5.32 Å². The first-order valence-corrected chi connectivity index (χ1v) is 7.00. The number of nitrogens with zero attached hydrogens (tertiary/aromatic N) is 3. The molecule has 0 aliphatic rings. The van der Waals surface area contributed by atoms with E-state index in [2.05, 4.69) is 26.3 Å². The van der Waals surface area contributed by atoms with Gasteiger partial charge in [0.15, 0.2) is 0 Å². The van der Waals surface area contributed by atoms with E-state index in [0.29, 0.717) is 12.4 Å². The number of anilines is 1. The van der Waals surface area contributed by atoms with Crippen LogP contribution in [0.5, 0.6) is 0 Å². The van der Waals surface area contributed by atoms with Gasteiger partial charge in [0, 0.05) is 12.6 Å². The quantitative estimate of drug-likeness (QED) is 0.665. The number of halogens is 1. The van der Waals surface area contributed by atoms with Gasteiger partial charge < -0.3 is 5.32 Å². The highest BCUT2D eigenvalue weighted by Crippen LogP contribution is 2.34. The maximum absolute atomic E-state index is 11.2. The number of aromatic nitrogens is 2. The predicted molar refractivity (Wildman–Crippen MR) is 80.7 cm³/mol. The fourth-order valence-corrected chi connectivity index (χ4v) is 2.38. The molecular formula is C13H15BrN4O2. The van der Waals surface area contributed by atoms with Crippen molar-refractivity contribution in [2.24, 2.45) is 0 Å². The first kappa shape index (κ1) is 14.5. The van der Waals surface area contributed by atoms with Crippen LogP contribution in [0.25, 0.3) is 0 Å². The highest BCUT2D eigenvalue weighted by atomic mass is 79.9. The van der Waals surface area contributed by atoms with Gasteiger partial charge in [0.1, 0.15) is 0 Å². The molecule has 2 rings (SSSR count). The molecule has 0 saturated heterocycles. The molecule has 7 heteroatoms. The Bertz CT molecular complexity index is 610. The van der Waals surface area contributed by atoms with Crippen molar-refractivity contribution in [1.29, 1.82) is 0 Å². The summed E-state index contributed by atoms with van der Waals surface area (Å²) in [4.78, 5) is 10.7. The molecule has 20 heavy (non-hydrogen) atoms. The lowest BCUT2D eigenvalue weighted by molar-refractivity contribution is -0.384. The minimum absolute atomic E-state index is 0.0262. The number of hydrogen-bond acceptors (Lipinski definition) is 4. The number of rotatable bonds is 5. The summed E-state index contributed by atoms with van der Waals surface area (Å²) in [6.45, 7) is 4.36. The minimum Gasteiger partial charge on any atom is -0.360 e. The average Bonchev–Trinajstić information content (AvgIpc) is 2.74. The van der Waals surface area contributed by atoms with Crippen LogP contribution in [0.2, 0.25) is 0 Å². The lowest BCUT2D eigenvalue weighted by atomic mass is 10.2. The average molecular weight is 339 g/mol. The molecular weight excluding hydrogens is 324 g/mol. The van der Waals surface area contributed by atoms with Gasteiger partial charge in [-0.2, -0.15) is 5.10 Å². The molecule has 0 aliphatic heterocycles. The molecule has 0 radical (unpaired) electrons. The Morgan fingerprint density at radius 3 is 2.60 bits per heavy atom. The standard InChI is InChI=1S/C13H15BrN4O2/c1-9(2)17-13(11(18(19)20)12(14)16-17)15-8-10-6-4-3-5-7-10/h3-7,9,15H,8H2,1-2H3. The summed E-state index contributed by atoms with van der Waals surface area (Å²) in [5.74, 6) is 0.417. The maximum atomic E-state index is 11.2. The first-order valence-electron chi connectivity index (χ1n) is 6.21. The summed E-state index contributed by atoms with van der Waals surface area (Å²) in [5.41, 5.74) is 1.02. The summed E-state index contributed by atoms with van der Waals surface area (Å²) in [7, 11) is 0. The van der Waals surface area contributed by atoms with E-state index in [9.17, 15) is 10.1 Å². The maximum Gasteiger partial charge on any atom is 0.345 e. The van der Waals surface area contributed by atoms with Crippen LogP contribution in [0.15, 0.2) is 34.9 Å². The van der Waals surface area contributed by atoms with E-state index < -0.39 is 4.92 Å². The Morgan fingerprint density at radius 1 is 1.40 bits per heavy atom. The largest absolute Gasteiger partial charge is 0.360 e. The SMILES string of the molecule is CC(C)n1nc(Br)c([N+](=O)[O-])c1NCc1ccccc1. The van der Waals surface area contributed by atoms with Gasteiger partial charge in [-0.05, 0) is 35.3 Å². The fraction of sp³-hybridized carbons (Fsp3) is 0.308. The third kappa shape index (κ3) is 2.98. The van der Waals surface area contributed by atoms with E-state index in [1.54, 1.807) is 4.68 Å². The topological polar surface area (TPSA) is 73.0 Å². The van der Waals surface area contributed by atoms with Crippen molar-refractivity contribution in [3.05, 3.63) is 50.6 Å². The third-order valence-corrected chi connectivity index (χ3v) is 3.35. The van der Waals surface area contributed by atoms with Crippen LogP contribution >= 0.6 is 15.9 Å². The zero-order chi connectivity index (χ0) is 14.7. The second-order valence-corrected chi connectivity index (χ2v) is 5.37. The van der Waals surface area contributed by atoms with E-state index in [-0.39, 0.29) is 16.3 Å². The summed E-state index contributed by atoms with van der Waals surface area (Å²) >= 11 is 3.15. The molecule has 106 valence electrons. The summed E-state index contributed by atoms with van der Waals surface area (Å²) in [5, 5.41) is 18.5. The van der Waals surface area contributed by atoms with E-state index >= 15 is 0 Å². The van der Waals surface area contributed by atoms with Gasteiger partial charge in [-0.25, -0.2) is 4.68 Å². The van der Waals surface area contributed by atoms with Crippen molar-refractivity contribution in [2.75, 3.05) is 5.32 Å². The van der Waals surface area contributed by atoms with Crippen LogP contribution in [0, 0.1) is 10.1 Å². The molecule has 1 heterocycles. The van der Waals surface area contributed by atoms with Crippen molar-refractivity contribution in [3.8, 4) is 0 Å². The summed E-state index contributed by atoms with van der Waals surface area (Å²) < 4.78 is 1.86. The monoisotopic (exact) mass is 338 g/mol. The van der Waals surface area contributed by atoms with Crippen molar-refractivity contribution in [3.63, 3.8) is 0 Å². The Kier molecular flexibility index (Phi) is 4.39. The number of nitro groups is 1. The summed E-state index contributed by atoms with van der Waals surface area (Å²) in [6, 6.07) is 9.75. The number of hydrogen-bond donors (Lipinski definition) is 1. The Balaban J connectivity index is 2.31. The van der Waals surface area contributed by atoms with Gasteiger partial charge in [-0.1, -0.05) is 30.3 Å². The van der Waals surface area contributed by atoms with E-state index in [1.165, 1.54) is 0 Å². The van der Waals surface area contributed by atoms with E-state index in [0.717, 1.165) is 5.56 Å². The van der Waals surface area contributed by atoms with Crippen LogP contribution in [0.1, 0.15) is 25.5 Å². The molecule has 1 aromatic heterocycles. The fourth-order valence-electron chi connectivity index (χ4n) is 1.88. The Labute approximate surface area is 125 Å². The molecule has 0 bridgehead atoms.